The van der Waals surface area contributed by atoms with Crippen LogP contribution in [-0.2, 0) is 19.9 Å². The maximum Gasteiger partial charge on any atom is 0.218 e. The topological polar surface area (TPSA) is 56.1 Å². The first kappa shape index (κ1) is 15.4. The molecular weight excluding hydrogens is 302 g/mol. The summed E-state index contributed by atoms with van der Waals surface area (Å²) in [6, 6.07) is 2.25. The molecule has 4 rings (SSSR count). The van der Waals surface area contributed by atoms with Crippen LogP contribution in [0.1, 0.15) is 55.9 Å². The summed E-state index contributed by atoms with van der Waals surface area (Å²) in [4.78, 5) is 16.0. The number of fused-ring (bicyclic) bond motifs is 1. The second-order valence-electron chi connectivity index (χ2n) is 6.63. The number of imidazole rings is 1. The lowest BCUT2D eigenvalue weighted by Gasteiger charge is -2.25. The Labute approximate surface area is 142 Å². The predicted octanol–water partition coefficient (Wildman–Crippen LogP) is 2.83. The van der Waals surface area contributed by atoms with E-state index < -0.39 is 0 Å². The number of hydrogen-bond acceptors (Lipinski definition) is 5. The Balaban J connectivity index is 1.66. The van der Waals surface area contributed by atoms with Gasteiger partial charge in [-0.05, 0) is 45.4 Å². The summed E-state index contributed by atoms with van der Waals surface area (Å²) in [5.41, 5.74) is 2.74. The van der Waals surface area contributed by atoms with Crippen molar-refractivity contribution in [2.45, 2.75) is 51.5 Å². The minimum Gasteiger partial charge on any atom is -0.478 e. The van der Waals surface area contributed by atoms with Gasteiger partial charge in [0.2, 0.25) is 5.88 Å². The number of hydrogen-bond donors (Lipinski definition) is 0. The van der Waals surface area contributed by atoms with Gasteiger partial charge in [-0.3, -0.25) is 0 Å². The molecule has 0 amide bonds. The molecule has 6 heteroatoms. The summed E-state index contributed by atoms with van der Waals surface area (Å²) >= 11 is 0. The largest absolute Gasteiger partial charge is 0.478 e. The lowest BCUT2D eigenvalue weighted by molar-refractivity contribution is 0.326. The zero-order chi connectivity index (χ0) is 16.5. The summed E-state index contributed by atoms with van der Waals surface area (Å²) < 4.78 is 7.87. The van der Waals surface area contributed by atoms with Crippen molar-refractivity contribution in [3.8, 4) is 5.88 Å². The lowest BCUT2D eigenvalue weighted by Crippen LogP contribution is -2.26. The quantitative estimate of drug-likeness (QED) is 0.864. The van der Waals surface area contributed by atoms with Crippen LogP contribution >= 0.6 is 0 Å². The second-order valence-corrected chi connectivity index (χ2v) is 6.63. The first-order chi connectivity index (χ1) is 11.8. The van der Waals surface area contributed by atoms with E-state index in [0.29, 0.717) is 18.5 Å². The van der Waals surface area contributed by atoms with Crippen molar-refractivity contribution >= 4 is 5.82 Å². The molecule has 1 fully saturated rings. The Kier molecular flexibility index (Phi) is 4.12. The minimum atomic E-state index is 0.296. The molecule has 2 aromatic rings. The average molecular weight is 327 g/mol. The average Bonchev–Trinajstić information content (AvgIpc) is 3.21. The van der Waals surface area contributed by atoms with E-state index in [2.05, 4.69) is 26.5 Å². The fourth-order valence-electron chi connectivity index (χ4n) is 4.03. The van der Waals surface area contributed by atoms with Gasteiger partial charge in [-0.25, -0.2) is 15.0 Å². The van der Waals surface area contributed by atoms with Gasteiger partial charge in [0.05, 0.1) is 18.3 Å². The molecule has 2 aromatic heterocycles. The van der Waals surface area contributed by atoms with Crippen molar-refractivity contribution in [1.29, 1.82) is 0 Å². The van der Waals surface area contributed by atoms with Crippen LogP contribution in [0.5, 0.6) is 5.88 Å². The Morgan fingerprint density at radius 3 is 2.92 bits per heavy atom. The van der Waals surface area contributed by atoms with Crippen LogP contribution in [0.25, 0.3) is 0 Å². The van der Waals surface area contributed by atoms with Gasteiger partial charge < -0.3 is 14.2 Å². The third kappa shape index (κ3) is 2.64. The van der Waals surface area contributed by atoms with Crippen molar-refractivity contribution < 1.29 is 4.74 Å². The van der Waals surface area contributed by atoms with E-state index >= 15 is 0 Å². The monoisotopic (exact) mass is 327 g/mol. The van der Waals surface area contributed by atoms with Gasteiger partial charge in [-0.2, -0.15) is 0 Å². The number of anilines is 1. The number of nitrogens with zero attached hydrogens (tertiary/aromatic N) is 5. The molecule has 1 saturated heterocycles. The summed E-state index contributed by atoms with van der Waals surface area (Å²) in [6.07, 6.45) is 8.71. The maximum absolute atomic E-state index is 5.54. The molecule has 0 unspecified atom stereocenters. The van der Waals surface area contributed by atoms with Crippen molar-refractivity contribution in [3.63, 3.8) is 0 Å². The molecule has 3 heterocycles. The first-order valence-corrected chi connectivity index (χ1v) is 9.03. The van der Waals surface area contributed by atoms with Crippen LogP contribution in [0.3, 0.4) is 0 Å². The standard InChI is InChI=1S/C18H25N5O/c1-3-24-17-11-16(19-12-20-17)23-10-6-9-15(23)18-21-13-7-4-5-8-14(13)22(18)2/h11-12,15H,3-10H2,1-2H3/t15-/m1/s1. The molecule has 1 atom stereocenters. The number of aromatic nitrogens is 4. The first-order valence-electron chi connectivity index (χ1n) is 9.03. The molecule has 0 bridgehead atoms. The van der Waals surface area contributed by atoms with Gasteiger partial charge in [0.25, 0.3) is 0 Å². The van der Waals surface area contributed by atoms with E-state index in [0.717, 1.165) is 38.0 Å². The van der Waals surface area contributed by atoms with E-state index in [4.69, 9.17) is 9.72 Å². The van der Waals surface area contributed by atoms with Crippen LogP contribution in [0, 0.1) is 0 Å². The molecular formula is C18H25N5O. The summed E-state index contributed by atoms with van der Waals surface area (Å²) in [5.74, 6) is 2.78. The minimum absolute atomic E-state index is 0.296. The van der Waals surface area contributed by atoms with Gasteiger partial charge in [0, 0.05) is 25.4 Å². The Bertz CT molecular complexity index is 726. The third-order valence-electron chi connectivity index (χ3n) is 5.17. The summed E-state index contributed by atoms with van der Waals surface area (Å²) in [5, 5.41) is 0. The van der Waals surface area contributed by atoms with Crippen LogP contribution < -0.4 is 9.64 Å². The van der Waals surface area contributed by atoms with Gasteiger partial charge in [-0.1, -0.05) is 0 Å². The van der Waals surface area contributed by atoms with E-state index in [-0.39, 0.29) is 0 Å². The molecule has 24 heavy (non-hydrogen) atoms. The molecule has 0 N–H and O–H groups in total. The smallest absolute Gasteiger partial charge is 0.218 e. The maximum atomic E-state index is 5.54. The van der Waals surface area contributed by atoms with Gasteiger partial charge in [0.1, 0.15) is 18.0 Å². The zero-order valence-corrected chi connectivity index (χ0v) is 14.5. The molecule has 1 aliphatic heterocycles. The molecule has 2 aliphatic rings. The van der Waals surface area contributed by atoms with E-state index in [1.807, 2.05) is 13.0 Å². The Hall–Kier alpha value is -2.11. The van der Waals surface area contributed by atoms with Crippen LogP contribution in [0.15, 0.2) is 12.4 Å². The van der Waals surface area contributed by atoms with Gasteiger partial charge in [0.15, 0.2) is 0 Å². The fourth-order valence-corrected chi connectivity index (χ4v) is 4.03. The molecule has 128 valence electrons. The molecule has 0 radical (unpaired) electrons. The van der Waals surface area contributed by atoms with Crippen LogP contribution in [-0.4, -0.2) is 32.7 Å². The van der Waals surface area contributed by atoms with Crippen LogP contribution in [0.2, 0.25) is 0 Å². The van der Waals surface area contributed by atoms with Crippen molar-refractivity contribution in [3.05, 3.63) is 29.6 Å². The molecule has 0 aromatic carbocycles. The van der Waals surface area contributed by atoms with Gasteiger partial charge >= 0.3 is 0 Å². The van der Waals surface area contributed by atoms with E-state index in [1.54, 1.807) is 6.33 Å². The third-order valence-corrected chi connectivity index (χ3v) is 5.17. The normalized spacial score (nSPS) is 20.2. The lowest BCUT2D eigenvalue weighted by atomic mass is 10.0. The zero-order valence-electron chi connectivity index (χ0n) is 14.5. The highest BCUT2D eigenvalue weighted by molar-refractivity contribution is 5.44. The molecule has 0 spiro atoms. The van der Waals surface area contributed by atoms with Crippen molar-refractivity contribution in [2.24, 2.45) is 7.05 Å². The van der Waals surface area contributed by atoms with E-state index in [1.165, 1.54) is 30.1 Å². The predicted molar refractivity (Wildman–Crippen MR) is 92.4 cm³/mol. The number of aryl methyl sites for hydroxylation is 1. The highest BCUT2D eigenvalue weighted by Gasteiger charge is 2.32. The Morgan fingerprint density at radius 1 is 1.21 bits per heavy atom. The highest BCUT2D eigenvalue weighted by atomic mass is 16.5. The van der Waals surface area contributed by atoms with Crippen molar-refractivity contribution in [2.75, 3.05) is 18.1 Å². The number of rotatable bonds is 4. The SMILES string of the molecule is CCOc1cc(N2CCC[C@@H]2c2nc3c(n2C)CCCC3)ncn1. The van der Waals surface area contributed by atoms with Crippen LogP contribution in [0.4, 0.5) is 5.82 Å². The highest BCUT2D eigenvalue weighted by Crippen LogP contribution is 2.36. The van der Waals surface area contributed by atoms with Gasteiger partial charge in [-0.15, -0.1) is 0 Å². The Morgan fingerprint density at radius 2 is 2.08 bits per heavy atom. The summed E-state index contributed by atoms with van der Waals surface area (Å²) in [6.45, 7) is 3.59. The number of ether oxygens (including phenoxy) is 1. The van der Waals surface area contributed by atoms with E-state index in [9.17, 15) is 0 Å². The molecule has 0 saturated carbocycles. The molecule has 6 nitrogen and oxygen atoms in total. The van der Waals surface area contributed by atoms with Crippen molar-refractivity contribution in [1.82, 2.24) is 19.5 Å². The second kappa shape index (κ2) is 6.42. The fraction of sp³-hybridized carbons (Fsp3) is 0.611. The summed E-state index contributed by atoms with van der Waals surface area (Å²) in [7, 11) is 2.18. The molecule has 1 aliphatic carbocycles.